The number of hydrogen-bond donors (Lipinski definition) is 1. The molecule has 1 aromatic heterocycles. The minimum atomic E-state index is -0.375. The molecule has 0 atom stereocenters. The van der Waals surface area contributed by atoms with Gasteiger partial charge in [-0.1, -0.05) is 18.2 Å². The van der Waals surface area contributed by atoms with Crippen LogP contribution in [0, 0.1) is 20.6 Å². The van der Waals surface area contributed by atoms with Gasteiger partial charge in [-0.3, -0.25) is 10.1 Å². The van der Waals surface area contributed by atoms with Crippen molar-refractivity contribution in [3.8, 4) is 16.9 Å². The van der Waals surface area contributed by atoms with Gasteiger partial charge in [-0.15, -0.1) is 0 Å². The molecule has 126 valence electrons. The molecule has 1 aliphatic heterocycles. The van der Waals surface area contributed by atoms with Crippen molar-refractivity contribution in [1.82, 2.24) is 9.78 Å². The molecule has 0 aliphatic carbocycles. The summed E-state index contributed by atoms with van der Waals surface area (Å²) in [5.41, 5.74) is 4.89. The first-order valence-electron chi connectivity index (χ1n) is 7.92. The fourth-order valence-electron chi connectivity index (χ4n) is 3.13. The molecular formula is C18H15IN4O2. The molecule has 3 aromatic rings. The average molecular weight is 446 g/mol. The molecule has 1 N–H and O–H groups in total. The number of fused-ring (bicyclic) bond motifs is 1. The third-order valence-electron chi connectivity index (χ3n) is 4.40. The monoisotopic (exact) mass is 446 g/mol. The van der Waals surface area contributed by atoms with Crippen LogP contribution in [-0.2, 0) is 6.42 Å². The maximum absolute atomic E-state index is 11.1. The van der Waals surface area contributed by atoms with Crippen LogP contribution in [0.3, 0.4) is 0 Å². The van der Waals surface area contributed by atoms with E-state index in [1.54, 1.807) is 16.8 Å². The van der Waals surface area contributed by atoms with Crippen molar-refractivity contribution in [2.75, 3.05) is 11.9 Å². The van der Waals surface area contributed by atoms with Gasteiger partial charge in [0.1, 0.15) is 5.82 Å². The third kappa shape index (κ3) is 2.78. The van der Waals surface area contributed by atoms with Gasteiger partial charge < -0.3 is 5.32 Å². The lowest BCUT2D eigenvalue weighted by Crippen LogP contribution is -2.06. The fourth-order valence-corrected chi connectivity index (χ4v) is 3.49. The number of benzene rings is 2. The lowest BCUT2D eigenvalue weighted by molar-refractivity contribution is -0.384. The van der Waals surface area contributed by atoms with E-state index in [1.165, 1.54) is 9.64 Å². The third-order valence-corrected chi connectivity index (χ3v) is 5.12. The standard InChI is InChI=1S/C18H15IN4O2/c1-11-2-7-14(23(24)25)10-16(11)22-18-15(8-9-20-18)17(21-22)12-3-5-13(19)6-4-12/h2-7,10,20H,8-9H2,1H3. The molecule has 1 aliphatic rings. The first-order chi connectivity index (χ1) is 12.0. The molecule has 0 fully saturated rings. The van der Waals surface area contributed by atoms with Crippen LogP contribution < -0.4 is 5.32 Å². The molecule has 0 radical (unpaired) electrons. The number of nitro benzene ring substituents is 1. The van der Waals surface area contributed by atoms with Gasteiger partial charge in [0.15, 0.2) is 0 Å². The zero-order chi connectivity index (χ0) is 17.6. The number of aromatic nitrogens is 2. The number of nitrogens with zero attached hydrogens (tertiary/aromatic N) is 3. The lowest BCUT2D eigenvalue weighted by atomic mass is 10.1. The Labute approximate surface area is 158 Å². The summed E-state index contributed by atoms with van der Waals surface area (Å²) in [6.45, 7) is 2.78. The molecule has 2 heterocycles. The predicted molar refractivity (Wildman–Crippen MR) is 105 cm³/mol. The number of hydrogen-bond acceptors (Lipinski definition) is 4. The van der Waals surface area contributed by atoms with Crippen molar-refractivity contribution in [3.05, 3.63) is 67.3 Å². The predicted octanol–water partition coefficient (Wildman–Crippen LogP) is 4.33. The molecule has 6 nitrogen and oxygen atoms in total. The van der Waals surface area contributed by atoms with Crippen LogP contribution in [0.4, 0.5) is 11.5 Å². The van der Waals surface area contributed by atoms with Gasteiger partial charge in [0.05, 0.1) is 16.3 Å². The van der Waals surface area contributed by atoms with Crippen LogP contribution in [0.5, 0.6) is 0 Å². The van der Waals surface area contributed by atoms with E-state index in [0.29, 0.717) is 0 Å². The molecule has 2 aromatic carbocycles. The van der Waals surface area contributed by atoms with Crippen molar-refractivity contribution in [2.45, 2.75) is 13.3 Å². The van der Waals surface area contributed by atoms with Crippen LogP contribution in [0.25, 0.3) is 16.9 Å². The number of nitrogens with one attached hydrogen (secondary N) is 1. The van der Waals surface area contributed by atoms with Gasteiger partial charge in [-0.2, -0.15) is 5.10 Å². The second-order valence-corrected chi connectivity index (χ2v) is 7.24. The van der Waals surface area contributed by atoms with E-state index >= 15 is 0 Å². The highest BCUT2D eigenvalue weighted by atomic mass is 127. The molecule has 25 heavy (non-hydrogen) atoms. The summed E-state index contributed by atoms with van der Waals surface area (Å²) in [7, 11) is 0. The minimum absolute atomic E-state index is 0.0682. The molecule has 0 bridgehead atoms. The first-order valence-corrected chi connectivity index (χ1v) is 8.99. The summed E-state index contributed by atoms with van der Waals surface area (Å²) in [4.78, 5) is 10.8. The highest BCUT2D eigenvalue weighted by Crippen LogP contribution is 2.36. The van der Waals surface area contributed by atoms with Gasteiger partial charge >= 0.3 is 0 Å². The van der Waals surface area contributed by atoms with Gasteiger partial charge in [-0.25, -0.2) is 4.68 Å². The number of rotatable bonds is 3. The number of nitro groups is 1. The second-order valence-electron chi connectivity index (χ2n) is 6.00. The van der Waals surface area contributed by atoms with Crippen LogP contribution in [0.1, 0.15) is 11.1 Å². The van der Waals surface area contributed by atoms with Gasteiger partial charge in [0.2, 0.25) is 0 Å². The van der Waals surface area contributed by atoms with E-state index in [2.05, 4.69) is 52.2 Å². The Morgan fingerprint density at radius 3 is 2.72 bits per heavy atom. The Bertz CT molecular complexity index is 979. The zero-order valence-corrected chi connectivity index (χ0v) is 15.6. The number of aryl methyl sites for hydroxylation is 1. The van der Waals surface area contributed by atoms with Gasteiger partial charge in [0.25, 0.3) is 5.69 Å². The summed E-state index contributed by atoms with van der Waals surface area (Å²) in [5, 5.41) is 19.3. The average Bonchev–Trinajstić information content (AvgIpc) is 3.19. The summed E-state index contributed by atoms with van der Waals surface area (Å²) in [6, 6.07) is 13.1. The molecule has 0 spiro atoms. The Balaban J connectivity index is 1.90. The Morgan fingerprint density at radius 1 is 1.24 bits per heavy atom. The molecular weight excluding hydrogens is 431 g/mol. The molecule has 0 saturated carbocycles. The normalized spacial score (nSPS) is 12.7. The van der Waals surface area contributed by atoms with Crippen molar-refractivity contribution < 1.29 is 4.92 Å². The summed E-state index contributed by atoms with van der Waals surface area (Å²) in [6.07, 6.45) is 0.893. The van der Waals surface area contributed by atoms with Gasteiger partial charge in [0, 0.05) is 33.4 Å². The topological polar surface area (TPSA) is 73.0 Å². The number of halogens is 1. The summed E-state index contributed by atoms with van der Waals surface area (Å²) in [5.74, 6) is 0.928. The maximum Gasteiger partial charge on any atom is 0.271 e. The van der Waals surface area contributed by atoms with Crippen LogP contribution in [0.15, 0.2) is 42.5 Å². The summed E-state index contributed by atoms with van der Waals surface area (Å²) < 4.78 is 2.97. The molecule has 0 unspecified atom stereocenters. The quantitative estimate of drug-likeness (QED) is 0.370. The van der Waals surface area contributed by atoms with E-state index in [0.717, 1.165) is 46.9 Å². The number of anilines is 1. The van der Waals surface area contributed by atoms with Crippen molar-refractivity contribution in [2.24, 2.45) is 0 Å². The number of non-ortho nitro benzene ring substituents is 1. The zero-order valence-electron chi connectivity index (χ0n) is 13.5. The second kappa shape index (κ2) is 6.14. The molecule has 0 amide bonds. The van der Waals surface area contributed by atoms with Crippen molar-refractivity contribution >= 4 is 34.1 Å². The largest absolute Gasteiger partial charge is 0.369 e. The van der Waals surface area contributed by atoms with E-state index in [-0.39, 0.29) is 10.6 Å². The lowest BCUT2D eigenvalue weighted by Gasteiger charge is -2.09. The Kier molecular flexibility index (Phi) is 3.95. The minimum Gasteiger partial charge on any atom is -0.369 e. The highest BCUT2D eigenvalue weighted by Gasteiger charge is 2.25. The maximum atomic E-state index is 11.1. The van der Waals surface area contributed by atoms with E-state index in [1.807, 2.05) is 6.92 Å². The SMILES string of the molecule is Cc1ccc([N+](=O)[O-])cc1-n1nc(-c2ccc(I)cc2)c2c1NCC2. The van der Waals surface area contributed by atoms with E-state index < -0.39 is 0 Å². The molecule has 7 heteroatoms. The van der Waals surface area contributed by atoms with E-state index in [4.69, 9.17) is 5.10 Å². The first kappa shape index (κ1) is 16.1. The molecule has 4 rings (SSSR count). The summed E-state index contributed by atoms with van der Waals surface area (Å²) >= 11 is 2.28. The Hall–Kier alpha value is -2.42. The fraction of sp³-hybridized carbons (Fsp3) is 0.167. The van der Waals surface area contributed by atoms with Crippen LogP contribution in [0.2, 0.25) is 0 Å². The smallest absolute Gasteiger partial charge is 0.271 e. The van der Waals surface area contributed by atoms with Crippen molar-refractivity contribution in [3.63, 3.8) is 0 Å². The molecule has 0 saturated heterocycles. The van der Waals surface area contributed by atoms with Crippen molar-refractivity contribution in [1.29, 1.82) is 0 Å². The van der Waals surface area contributed by atoms with Gasteiger partial charge in [-0.05, 0) is 53.6 Å². The highest BCUT2D eigenvalue weighted by molar-refractivity contribution is 14.1. The van der Waals surface area contributed by atoms with E-state index in [9.17, 15) is 10.1 Å². The van der Waals surface area contributed by atoms with Crippen LogP contribution >= 0.6 is 22.6 Å². The van der Waals surface area contributed by atoms with Crippen LogP contribution in [-0.4, -0.2) is 21.2 Å². The Morgan fingerprint density at radius 2 is 2.00 bits per heavy atom.